The van der Waals surface area contributed by atoms with Crippen LogP contribution in [0.4, 0.5) is 0 Å². The Balaban J connectivity index is 2.46. The monoisotopic (exact) mass is 247 g/mol. The molecule has 0 saturated heterocycles. The van der Waals surface area contributed by atoms with Crippen molar-refractivity contribution in [3.05, 3.63) is 34.4 Å². The third kappa shape index (κ3) is 2.10. The van der Waals surface area contributed by atoms with Crippen LogP contribution in [0.5, 0.6) is 0 Å². The molecule has 4 heteroatoms. The van der Waals surface area contributed by atoms with Gasteiger partial charge < -0.3 is 9.57 Å². The van der Waals surface area contributed by atoms with Crippen molar-refractivity contribution in [2.45, 2.75) is 20.8 Å². The van der Waals surface area contributed by atoms with E-state index in [-0.39, 0.29) is 12.6 Å². The second kappa shape index (κ2) is 4.80. The van der Waals surface area contributed by atoms with Gasteiger partial charge in [-0.1, -0.05) is 22.9 Å². The quantitative estimate of drug-likeness (QED) is 0.752. The number of rotatable bonds is 2. The molecule has 18 heavy (non-hydrogen) atoms. The molecule has 0 radical (unpaired) electrons. The summed E-state index contributed by atoms with van der Waals surface area (Å²) in [5.74, 6) is -0.722. The summed E-state index contributed by atoms with van der Waals surface area (Å²) in [6, 6.07) is 4.16. The van der Waals surface area contributed by atoms with Gasteiger partial charge in [0, 0.05) is 5.56 Å². The summed E-state index contributed by atoms with van der Waals surface area (Å²) in [6.45, 7) is 6.35. The largest absolute Gasteiger partial charge is 0.468 e. The van der Waals surface area contributed by atoms with E-state index in [1.807, 2.05) is 13.8 Å². The van der Waals surface area contributed by atoms with Crippen LogP contribution in [0.1, 0.15) is 22.3 Å². The third-order valence-corrected chi connectivity index (χ3v) is 3.15. The van der Waals surface area contributed by atoms with Crippen LogP contribution in [0, 0.1) is 26.7 Å². The topological polar surface area (TPSA) is 47.9 Å². The highest BCUT2D eigenvalue weighted by molar-refractivity contribution is 6.13. The number of hydrogen-bond donors (Lipinski definition) is 0. The number of hydrogen-bond acceptors (Lipinski definition) is 4. The Morgan fingerprint density at radius 2 is 1.94 bits per heavy atom. The van der Waals surface area contributed by atoms with Gasteiger partial charge in [0.1, 0.15) is 18.2 Å². The van der Waals surface area contributed by atoms with E-state index < -0.39 is 5.92 Å². The molecule has 0 aromatic heterocycles. The van der Waals surface area contributed by atoms with Crippen molar-refractivity contribution >= 4 is 11.7 Å². The molecule has 0 unspecified atom stereocenters. The van der Waals surface area contributed by atoms with E-state index in [1.165, 1.54) is 12.7 Å². The van der Waals surface area contributed by atoms with Gasteiger partial charge in [-0.25, -0.2) is 0 Å². The SMILES string of the molecule is COC(=O)[C@H]1CON=C1c1c(C)cc(C)cc1C. The Morgan fingerprint density at radius 3 is 2.50 bits per heavy atom. The molecule has 0 fully saturated rings. The van der Waals surface area contributed by atoms with Gasteiger partial charge in [0.2, 0.25) is 0 Å². The fraction of sp³-hybridized carbons (Fsp3) is 0.429. The van der Waals surface area contributed by atoms with E-state index in [0.29, 0.717) is 5.71 Å². The third-order valence-electron chi connectivity index (χ3n) is 3.15. The molecule has 1 aromatic rings. The summed E-state index contributed by atoms with van der Waals surface area (Å²) in [5.41, 5.74) is 5.07. The average Bonchev–Trinajstić information content (AvgIpc) is 2.75. The first-order chi connectivity index (χ1) is 8.54. The molecule has 0 aliphatic carbocycles. The van der Waals surface area contributed by atoms with Gasteiger partial charge in [0.05, 0.1) is 7.11 Å². The molecule has 1 atom stereocenters. The number of benzene rings is 1. The van der Waals surface area contributed by atoms with Crippen LogP contribution < -0.4 is 0 Å². The first-order valence-corrected chi connectivity index (χ1v) is 5.90. The number of carbonyl (C=O) groups is 1. The molecule has 0 spiro atoms. The number of aryl methyl sites for hydroxylation is 3. The lowest BCUT2D eigenvalue weighted by Crippen LogP contribution is -2.26. The molecule has 1 aliphatic rings. The van der Waals surface area contributed by atoms with Crippen molar-refractivity contribution < 1.29 is 14.4 Å². The molecule has 0 amide bonds. The van der Waals surface area contributed by atoms with E-state index in [9.17, 15) is 4.79 Å². The Labute approximate surface area is 107 Å². The standard InChI is InChI=1S/C14H17NO3/c1-8-5-9(2)12(10(3)6-8)13-11(7-18-15-13)14(16)17-4/h5-6,11H,7H2,1-4H3/t11-/m0/s1. The van der Waals surface area contributed by atoms with Crippen LogP contribution in [0.3, 0.4) is 0 Å². The van der Waals surface area contributed by atoms with Crippen molar-refractivity contribution in [2.75, 3.05) is 13.7 Å². The first kappa shape index (κ1) is 12.6. The average molecular weight is 247 g/mol. The van der Waals surface area contributed by atoms with Gasteiger partial charge in [-0.3, -0.25) is 4.79 Å². The fourth-order valence-electron chi connectivity index (χ4n) is 2.45. The van der Waals surface area contributed by atoms with E-state index in [4.69, 9.17) is 9.57 Å². The van der Waals surface area contributed by atoms with Crippen LogP contribution >= 0.6 is 0 Å². The highest BCUT2D eigenvalue weighted by Gasteiger charge is 2.33. The summed E-state index contributed by atoms with van der Waals surface area (Å²) in [6.07, 6.45) is 0. The van der Waals surface area contributed by atoms with E-state index >= 15 is 0 Å². The zero-order valence-electron chi connectivity index (χ0n) is 11.1. The molecule has 0 N–H and O–H groups in total. The zero-order chi connectivity index (χ0) is 13.3. The van der Waals surface area contributed by atoms with E-state index in [0.717, 1.165) is 16.7 Å². The minimum atomic E-state index is -0.421. The Kier molecular flexibility index (Phi) is 3.36. The van der Waals surface area contributed by atoms with Crippen LogP contribution in [0.15, 0.2) is 17.3 Å². The van der Waals surface area contributed by atoms with Gasteiger partial charge in [-0.05, 0) is 31.9 Å². The first-order valence-electron chi connectivity index (χ1n) is 5.90. The van der Waals surface area contributed by atoms with Crippen molar-refractivity contribution in [3.8, 4) is 0 Å². The van der Waals surface area contributed by atoms with Crippen LogP contribution in [0.2, 0.25) is 0 Å². The Morgan fingerprint density at radius 1 is 1.33 bits per heavy atom. The van der Waals surface area contributed by atoms with Crippen molar-refractivity contribution in [2.24, 2.45) is 11.1 Å². The molecule has 1 aliphatic heterocycles. The van der Waals surface area contributed by atoms with Gasteiger partial charge >= 0.3 is 5.97 Å². The molecule has 1 aromatic carbocycles. The number of nitrogens with zero attached hydrogens (tertiary/aromatic N) is 1. The molecule has 96 valence electrons. The number of ether oxygens (including phenoxy) is 1. The number of esters is 1. The van der Waals surface area contributed by atoms with Crippen LogP contribution in [-0.4, -0.2) is 25.4 Å². The molecule has 0 bridgehead atoms. The maximum atomic E-state index is 11.7. The normalized spacial score (nSPS) is 18.2. The highest BCUT2D eigenvalue weighted by Crippen LogP contribution is 2.25. The highest BCUT2D eigenvalue weighted by atomic mass is 16.6. The lowest BCUT2D eigenvalue weighted by Gasteiger charge is -2.14. The maximum Gasteiger partial charge on any atom is 0.318 e. The molecule has 1 heterocycles. The van der Waals surface area contributed by atoms with Crippen molar-refractivity contribution in [1.29, 1.82) is 0 Å². The van der Waals surface area contributed by atoms with Crippen LogP contribution in [-0.2, 0) is 14.4 Å². The van der Waals surface area contributed by atoms with Crippen LogP contribution in [0.25, 0.3) is 0 Å². The number of carbonyl (C=O) groups excluding carboxylic acids is 1. The predicted molar refractivity (Wildman–Crippen MR) is 68.6 cm³/mol. The lowest BCUT2D eigenvalue weighted by atomic mass is 9.90. The Bertz CT molecular complexity index is 497. The summed E-state index contributed by atoms with van der Waals surface area (Å²) < 4.78 is 4.79. The summed E-state index contributed by atoms with van der Waals surface area (Å²) >= 11 is 0. The summed E-state index contributed by atoms with van der Waals surface area (Å²) in [7, 11) is 1.38. The maximum absolute atomic E-state index is 11.7. The molecule has 0 saturated carbocycles. The molecular weight excluding hydrogens is 230 g/mol. The number of methoxy groups -OCH3 is 1. The zero-order valence-corrected chi connectivity index (χ0v) is 11.1. The second-order valence-electron chi connectivity index (χ2n) is 4.62. The molecule has 4 nitrogen and oxygen atoms in total. The summed E-state index contributed by atoms with van der Waals surface area (Å²) in [5, 5.41) is 4.02. The fourth-order valence-corrected chi connectivity index (χ4v) is 2.45. The minimum Gasteiger partial charge on any atom is -0.468 e. The molecule has 2 rings (SSSR count). The predicted octanol–water partition coefficient (Wildman–Crippen LogP) is 2.14. The van der Waals surface area contributed by atoms with E-state index in [1.54, 1.807) is 0 Å². The van der Waals surface area contributed by atoms with Gasteiger partial charge in [0.25, 0.3) is 0 Å². The smallest absolute Gasteiger partial charge is 0.318 e. The number of oxime groups is 1. The molecular formula is C14H17NO3. The Hall–Kier alpha value is -1.84. The van der Waals surface area contributed by atoms with Gasteiger partial charge in [-0.15, -0.1) is 0 Å². The van der Waals surface area contributed by atoms with Crippen molar-refractivity contribution in [1.82, 2.24) is 0 Å². The second-order valence-corrected chi connectivity index (χ2v) is 4.62. The van der Waals surface area contributed by atoms with Crippen molar-refractivity contribution in [3.63, 3.8) is 0 Å². The lowest BCUT2D eigenvalue weighted by molar-refractivity contribution is -0.143. The van der Waals surface area contributed by atoms with Gasteiger partial charge in [-0.2, -0.15) is 0 Å². The minimum absolute atomic E-state index is 0.259. The summed E-state index contributed by atoms with van der Waals surface area (Å²) in [4.78, 5) is 16.8. The van der Waals surface area contributed by atoms with Gasteiger partial charge in [0.15, 0.2) is 0 Å². The van der Waals surface area contributed by atoms with E-state index in [2.05, 4.69) is 24.2 Å².